The summed E-state index contributed by atoms with van der Waals surface area (Å²) in [4.78, 5) is 37.7. The maximum absolute atomic E-state index is 12.1. The molecule has 3 rings (SSSR count). The molecule has 1 fully saturated rings. The van der Waals surface area contributed by atoms with Crippen molar-refractivity contribution in [2.45, 2.75) is 33.2 Å². The van der Waals surface area contributed by atoms with E-state index in [9.17, 15) is 14.4 Å². The van der Waals surface area contributed by atoms with Crippen LogP contribution in [-0.2, 0) is 20.9 Å². The lowest BCUT2D eigenvalue weighted by atomic mass is 10.1. The summed E-state index contributed by atoms with van der Waals surface area (Å²) in [5, 5.41) is 4.44. The number of nitrogens with one attached hydrogen (secondary N) is 1. The number of aryl methyl sites for hydroxylation is 2. The van der Waals surface area contributed by atoms with Crippen LogP contribution in [0, 0.1) is 13.8 Å². The first-order valence-corrected chi connectivity index (χ1v) is 9.78. The van der Waals surface area contributed by atoms with E-state index >= 15 is 0 Å². The van der Waals surface area contributed by atoms with Crippen LogP contribution in [0.4, 0.5) is 11.4 Å². The highest BCUT2D eigenvalue weighted by Gasteiger charge is 2.15. The number of nitrogens with zero attached hydrogens (tertiary/aromatic N) is 2. The number of benzene rings is 1. The third-order valence-corrected chi connectivity index (χ3v) is 5.46. The number of hydrogen-bond donors (Lipinski definition) is 1. The Labute approximate surface area is 161 Å². The van der Waals surface area contributed by atoms with Gasteiger partial charge in [-0.25, -0.2) is 0 Å². The topological polar surface area (TPSA) is 80.6 Å². The largest absolute Gasteiger partial charge is 0.454 e. The predicted octanol–water partition coefficient (Wildman–Crippen LogP) is 2.31. The fraction of sp³-hybridized carbons (Fsp3) is 0.421. The van der Waals surface area contributed by atoms with E-state index in [2.05, 4.69) is 16.3 Å². The maximum Gasteiger partial charge on any atom is 0.326 e. The Bertz CT molecular complexity index is 897. The molecule has 1 aromatic carbocycles. The van der Waals surface area contributed by atoms with Gasteiger partial charge in [0.25, 0.3) is 5.91 Å². The Hall–Kier alpha value is -2.61. The standard InChI is InChI=1S/C19H23N3O4S/c1-13-9-15(21-7-3-4-8-21)5-6-16(13)20-17(23)11-26-18(24)10-22-14(2)12-27-19(22)25/h5-6,9,12H,3-4,7-8,10-11H2,1-2H3,(H,20,23). The fourth-order valence-corrected chi connectivity index (χ4v) is 3.80. The van der Waals surface area contributed by atoms with E-state index in [-0.39, 0.29) is 18.0 Å². The Kier molecular flexibility index (Phi) is 5.95. The molecule has 0 unspecified atom stereocenters. The molecular weight excluding hydrogens is 366 g/mol. The summed E-state index contributed by atoms with van der Waals surface area (Å²) in [5.41, 5.74) is 3.51. The lowest BCUT2D eigenvalue weighted by Crippen LogP contribution is -2.26. The Morgan fingerprint density at radius 2 is 1.96 bits per heavy atom. The Morgan fingerprint density at radius 3 is 2.59 bits per heavy atom. The van der Waals surface area contributed by atoms with Crippen LogP contribution in [0.1, 0.15) is 24.1 Å². The van der Waals surface area contributed by atoms with Crippen molar-refractivity contribution >= 4 is 34.6 Å². The molecule has 1 aliphatic rings. The molecule has 0 aliphatic carbocycles. The average Bonchev–Trinajstić information content (AvgIpc) is 3.28. The Morgan fingerprint density at radius 1 is 1.22 bits per heavy atom. The van der Waals surface area contributed by atoms with E-state index < -0.39 is 11.9 Å². The average molecular weight is 389 g/mol. The summed E-state index contributed by atoms with van der Waals surface area (Å²) >= 11 is 1.03. The minimum absolute atomic E-state index is 0.189. The third-order valence-electron chi connectivity index (χ3n) is 4.58. The number of rotatable bonds is 6. The lowest BCUT2D eigenvalue weighted by molar-refractivity contribution is -0.147. The van der Waals surface area contributed by atoms with Crippen molar-refractivity contribution < 1.29 is 14.3 Å². The second-order valence-electron chi connectivity index (χ2n) is 6.63. The number of hydrogen-bond acceptors (Lipinski definition) is 6. The number of amides is 1. The molecular formula is C19H23N3O4S. The van der Waals surface area contributed by atoms with Gasteiger partial charge in [-0.1, -0.05) is 11.3 Å². The van der Waals surface area contributed by atoms with E-state index in [1.54, 1.807) is 12.3 Å². The number of carbonyl (C=O) groups excluding carboxylic acids is 2. The molecule has 0 bridgehead atoms. The molecule has 1 saturated heterocycles. The number of ether oxygens (including phenoxy) is 1. The number of thiazole rings is 1. The number of aromatic nitrogens is 1. The van der Waals surface area contributed by atoms with Crippen molar-refractivity contribution in [3.63, 3.8) is 0 Å². The zero-order valence-corrected chi connectivity index (χ0v) is 16.3. The van der Waals surface area contributed by atoms with E-state index in [0.29, 0.717) is 11.4 Å². The van der Waals surface area contributed by atoms with Crippen LogP contribution in [0.5, 0.6) is 0 Å². The zero-order valence-electron chi connectivity index (χ0n) is 15.5. The Balaban J connectivity index is 1.51. The molecule has 1 amide bonds. The summed E-state index contributed by atoms with van der Waals surface area (Å²) in [7, 11) is 0. The summed E-state index contributed by atoms with van der Waals surface area (Å²) in [6.07, 6.45) is 2.42. The van der Waals surface area contributed by atoms with Gasteiger partial charge in [-0.05, 0) is 50.5 Å². The molecule has 27 heavy (non-hydrogen) atoms. The molecule has 1 aliphatic heterocycles. The van der Waals surface area contributed by atoms with Crippen molar-refractivity contribution in [3.05, 3.63) is 44.5 Å². The summed E-state index contributed by atoms with van der Waals surface area (Å²) in [6.45, 7) is 5.23. The quantitative estimate of drug-likeness (QED) is 0.767. The van der Waals surface area contributed by atoms with E-state index in [0.717, 1.165) is 35.7 Å². The van der Waals surface area contributed by atoms with Gasteiger partial charge in [0.15, 0.2) is 6.61 Å². The monoisotopic (exact) mass is 389 g/mol. The van der Waals surface area contributed by atoms with Gasteiger partial charge < -0.3 is 15.0 Å². The van der Waals surface area contributed by atoms with Crippen molar-refractivity contribution in [2.75, 3.05) is 29.9 Å². The normalized spacial score (nSPS) is 13.6. The zero-order chi connectivity index (χ0) is 19.4. The number of carbonyl (C=O) groups is 2. The van der Waals surface area contributed by atoms with Crippen LogP contribution in [0.3, 0.4) is 0 Å². The summed E-state index contributed by atoms with van der Waals surface area (Å²) in [6, 6.07) is 5.92. The first-order chi connectivity index (χ1) is 12.9. The van der Waals surface area contributed by atoms with E-state index in [1.807, 2.05) is 19.1 Å². The molecule has 0 radical (unpaired) electrons. The highest BCUT2D eigenvalue weighted by atomic mass is 32.1. The number of esters is 1. The van der Waals surface area contributed by atoms with E-state index in [4.69, 9.17) is 4.74 Å². The molecule has 0 saturated carbocycles. The molecule has 144 valence electrons. The predicted molar refractivity (Wildman–Crippen MR) is 106 cm³/mol. The van der Waals surface area contributed by atoms with Gasteiger partial charge in [-0.15, -0.1) is 0 Å². The number of anilines is 2. The first kappa shape index (κ1) is 19.2. The van der Waals surface area contributed by atoms with E-state index in [1.165, 1.54) is 17.4 Å². The molecule has 8 heteroatoms. The van der Waals surface area contributed by atoms with Crippen molar-refractivity contribution in [2.24, 2.45) is 0 Å². The van der Waals surface area contributed by atoms with Crippen molar-refractivity contribution in [1.29, 1.82) is 0 Å². The highest BCUT2D eigenvalue weighted by Crippen LogP contribution is 2.25. The van der Waals surface area contributed by atoms with Gasteiger partial charge in [-0.3, -0.25) is 19.0 Å². The maximum atomic E-state index is 12.1. The molecule has 0 spiro atoms. The van der Waals surface area contributed by atoms with Crippen LogP contribution in [-0.4, -0.2) is 36.1 Å². The van der Waals surface area contributed by atoms with Gasteiger partial charge in [0, 0.05) is 35.5 Å². The van der Waals surface area contributed by atoms with Crippen LogP contribution in [0.2, 0.25) is 0 Å². The van der Waals surface area contributed by atoms with Crippen LogP contribution in [0.15, 0.2) is 28.4 Å². The summed E-state index contributed by atoms with van der Waals surface area (Å²) < 4.78 is 6.32. The summed E-state index contributed by atoms with van der Waals surface area (Å²) in [5.74, 6) is -1.02. The second kappa shape index (κ2) is 8.39. The SMILES string of the molecule is Cc1cc(N2CCCC2)ccc1NC(=O)COC(=O)Cn1c(C)csc1=O. The molecule has 2 heterocycles. The molecule has 1 N–H and O–H groups in total. The molecule has 0 atom stereocenters. The minimum Gasteiger partial charge on any atom is -0.454 e. The highest BCUT2D eigenvalue weighted by molar-refractivity contribution is 7.07. The fourth-order valence-electron chi connectivity index (χ4n) is 3.06. The van der Waals surface area contributed by atoms with Crippen LogP contribution >= 0.6 is 11.3 Å². The van der Waals surface area contributed by atoms with Gasteiger partial charge >= 0.3 is 10.8 Å². The molecule has 1 aromatic heterocycles. The van der Waals surface area contributed by atoms with Gasteiger partial charge in [0.1, 0.15) is 6.54 Å². The van der Waals surface area contributed by atoms with Gasteiger partial charge in [-0.2, -0.15) is 0 Å². The first-order valence-electron chi connectivity index (χ1n) is 8.90. The van der Waals surface area contributed by atoms with Gasteiger partial charge in [0.2, 0.25) is 0 Å². The second-order valence-corrected chi connectivity index (χ2v) is 7.45. The van der Waals surface area contributed by atoms with Crippen molar-refractivity contribution in [1.82, 2.24) is 4.57 Å². The minimum atomic E-state index is -0.616. The molecule has 2 aromatic rings. The third kappa shape index (κ3) is 4.77. The molecule has 7 nitrogen and oxygen atoms in total. The van der Waals surface area contributed by atoms with Crippen LogP contribution in [0.25, 0.3) is 0 Å². The van der Waals surface area contributed by atoms with Crippen LogP contribution < -0.4 is 15.1 Å². The van der Waals surface area contributed by atoms with Gasteiger partial charge in [0.05, 0.1) is 0 Å². The lowest BCUT2D eigenvalue weighted by Gasteiger charge is -2.19. The smallest absolute Gasteiger partial charge is 0.326 e. The van der Waals surface area contributed by atoms with Crippen molar-refractivity contribution in [3.8, 4) is 0 Å².